The second kappa shape index (κ2) is 11.7. The molecule has 2 aliphatic heterocycles. The van der Waals surface area contributed by atoms with Crippen LogP contribution in [0.25, 0.3) is 21.4 Å². The summed E-state index contributed by atoms with van der Waals surface area (Å²) in [6.45, 7) is 8.60. The van der Waals surface area contributed by atoms with Crippen molar-refractivity contribution in [1.29, 1.82) is 0 Å². The van der Waals surface area contributed by atoms with E-state index in [4.69, 9.17) is 32.8 Å². The van der Waals surface area contributed by atoms with Gasteiger partial charge in [0.05, 0.1) is 18.9 Å². The minimum atomic E-state index is -0.606. The highest BCUT2D eigenvalue weighted by atomic mass is 32.1. The van der Waals surface area contributed by atoms with Crippen LogP contribution in [0.5, 0.6) is 17.2 Å². The molecule has 11 heteroatoms. The van der Waals surface area contributed by atoms with E-state index < -0.39 is 17.5 Å². The largest absolute Gasteiger partial charge is 0.486 e. The molecule has 0 radical (unpaired) electrons. The number of thiophene rings is 1. The van der Waals surface area contributed by atoms with Gasteiger partial charge in [-0.25, -0.2) is 0 Å². The zero-order valence-corrected chi connectivity index (χ0v) is 23.1. The number of carbonyl (C=O) groups is 2. The number of carbonyl (C=O) groups excluding carboxylic acids is 2. The number of rotatable bonds is 7. The third-order valence-corrected chi connectivity index (χ3v) is 6.97. The minimum absolute atomic E-state index is 0.0600. The fourth-order valence-electron chi connectivity index (χ4n) is 4.21. The molecule has 2 aliphatic rings. The van der Waals surface area contributed by atoms with E-state index in [1.54, 1.807) is 20.8 Å². The molecule has 0 atom stereocenters. The van der Waals surface area contributed by atoms with E-state index in [2.05, 4.69) is 4.58 Å². The molecule has 5 rings (SSSR count). The average Bonchev–Trinajstić information content (AvgIpc) is 3.35. The maximum Gasteiger partial charge on any atom is 0.371 e. The van der Waals surface area contributed by atoms with Crippen molar-refractivity contribution in [2.75, 3.05) is 46.3 Å². The molecule has 2 aromatic heterocycles. The Hall–Kier alpha value is -3.57. The summed E-state index contributed by atoms with van der Waals surface area (Å²) in [5, 5.41) is 2.00. The second-order valence-corrected chi connectivity index (χ2v) is 11.0. The summed E-state index contributed by atoms with van der Waals surface area (Å²) in [7, 11) is 0. The molecule has 0 spiro atoms. The van der Waals surface area contributed by atoms with E-state index in [0.717, 1.165) is 15.8 Å². The van der Waals surface area contributed by atoms with Crippen LogP contribution in [-0.4, -0.2) is 63.8 Å². The molecule has 0 unspecified atom stereocenters. The van der Waals surface area contributed by atoms with Crippen molar-refractivity contribution in [3.63, 3.8) is 0 Å². The first kappa shape index (κ1) is 27.0. The summed E-state index contributed by atoms with van der Waals surface area (Å²) in [6.07, 6.45) is -0.153. The predicted octanol–water partition coefficient (Wildman–Crippen LogP) is 3.74. The van der Waals surface area contributed by atoms with Crippen LogP contribution in [0.2, 0.25) is 0 Å². The molecule has 1 saturated heterocycles. The topological polar surface area (TPSA) is 106 Å². The highest BCUT2D eigenvalue weighted by molar-refractivity contribution is 7.18. The van der Waals surface area contributed by atoms with E-state index in [9.17, 15) is 9.59 Å². The third-order valence-electron chi connectivity index (χ3n) is 5.99. The van der Waals surface area contributed by atoms with Crippen LogP contribution in [0.3, 0.4) is 0 Å². The average molecular weight is 559 g/mol. The van der Waals surface area contributed by atoms with Gasteiger partial charge in [-0.3, -0.25) is 9.59 Å². The lowest BCUT2D eigenvalue weighted by atomic mass is 10.1. The van der Waals surface area contributed by atoms with Crippen LogP contribution in [0.15, 0.2) is 34.1 Å². The van der Waals surface area contributed by atoms with E-state index in [-0.39, 0.29) is 19.6 Å². The van der Waals surface area contributed by atoms with Gasteiger partial charge in [0, 0.05) is 10.9 Å². The molecule has 4 heterocycles. The van der Waals surface area contributed by atoms with Gasteiger partial charge in [-0.05, 0) is 38.5 Å². The highest BCUT2D eigenvalue weighted by Gasteiger charge is 2.22. The SMILES string of the molecule is CC(C)(C)OC(=O)CCC(=O)OCOc1cc(=[N+]2CCOCC2)oc2c(-c3ccc4c(c3)OCCO4)csc12. The lowest BCUT2D eigenvalue weighted by molar-refractivity contribution is -0.160. The molecule has 1 fully saturated rings. The standard InChI is InChI=1S/C28H32NO9S/c1-28(2,3)38-25(31)7-6-24(30)36-17-35-22-15-23(29-8-10-32-11-9-29)37-26-19(16-39-27(22)26)18-4-5-20-21(14-18)34-13-12-33-20/h4-5,14-16H,6-13,17H2,1-3H3/q+1. The lowest BCUT2D eigenvalue weighted by Gasteiger charge is -2.19. The van der Waals surface area contributed by atoms with Crippen LogP contribution in [0, 0.1) is 0 Å². The van der Waals surface area contributed by atoms with Crippen molar-refractivity contribution in [2.45, 2.75) is 39.2 Å². The van der Waals surface area contributed by atoms with Gasteiger partial charge in [-0.15, -0.1) is 11.3 Å². The van der Waals surface area contributed by atoms with Gasteiger partial charge in [-0.2, -0.15) is 4.58 Å². The molecular weight excluding hydrogens is 526 g/mol. The van der Waals surface area contributed by atoms with Crippen LogP contribution >= 0.6 is 11.3 Å². The molecular formula is C28H32NO9S+. The third kappa shape index (κ3) is 6.72. The molecule has 0 aliphatic carbocycles. The van der Waals surface area contributed by atoms with Gasteiger partial charge in [0.15, 0.2) is 35.9 Å². The Kier molecular flexibility index (Phi) is 8.08. The van der Waals surface area contributed by atoms with E-state index in [0.29, 0.717) is 67.9 Å². The molecule has 3 aromatic rings. The van der Waals surface area contributed by atoms with Gasteiger partial charge in [-0.1, -0.05) is 6.07 Å². The first-order chi connectivity index (χ1) is 18.8. The molecule has 0 saturated carbocycles. The Labute approximate surface area is 229 Å². The van der Waals surface area contributed by atoms with Crippen LogP contribution < -0.4 is 24.3 Å². The monoisotopic (exact) mass is 558 g/mol. The predicted molar refractivity (Wildman–Crippen MR) is 143 cm³/mol. The second-order valence-electron chi connectivity index (χ2n) is 10.1. The van der Waals surface area contributed by atoms with Crippen molar-refractivity contribution < 1.29 is 42.4 Å². The molecule has 10 nitrogen and oxygen atoms in total. The maximum absolute atomic E-state index is 12.2. The number of nitrogens with zero attached hydrogens (tertiary/aromatic N) is 1. The fraction of sp³-hybridized carbons (Fsp3) is 0.464. The van der Waals surface area contributed by atoms with Gasteiger partial charge in [0.25, 0.3) is 0 Å². The summed E-state index contributed by atoms with van der Waals surface area (Å²) >= 11 is 1.47. The number of benzene rings is 1. The molecule has 0 amide bonds. The van der Waals surface area contributed by atoms with Crippen LogP contribution in [-0.2, 0) is 23.8 Å². The molecule has 1 aromatic carbocycles. The zero-order chi connectivity index (χ0) is 27.4. The van der Waals surface area contributed by atoms with Crippen molar-refractivity contribution in [1.82, 2.24) is 4.58 Å². The van der Waals surface area contributed by atoms with E-state index in [1.165, 1.54) is 11.3 Å². The van der Waals surface area contributed by atoms with Crippen molar-refractivity contribution in [3.8, 4) is 28.4 Å². The summed E-state index contributed by atoms with van der Waals surface area (Å²) in [5.41, 5.74) is 2.50. The van der Waals surface area contributed by atoms with Crippen molar-refractivity contribution in [3.05, 3.63) is 35.2 Å². The fourth-order valence-corrected chi connectivity index (χ4v) is 5.19. The highest BCUT2D eigenvalue weighted by Crippen LogP contribution is 2.41. The van der Waals surface area contributed by atoms with Gasteiger partial charge in [0.2, 0.25) is 6.79 Å². The Morgan fingerprint density at radius 2 is 1.72 bits per heavy atom. The van der Waals surface area contributed by atoms with Gasteiger partial charge < -0.3 is 32.8 Å². The Morgan fingerprint density at radius 3 is 2.49 bits per heavy atom. The molecule has 0 N–H and O–H groups in total. The number of hydrogen-bond acceptors (Lipinski definition) is 10. The maximum atomic E-state index is 12.2. The first-order valence-electron chi connectivity index (χ1n) is 12.9. The van der Waals surface area contributed by atoms with Crippen LogP contribution in [0.4, 0.5) is 0 Å². The summed E-state index contributed by atoms with van der Waals surface area (Å²) in [4.78, 5) is 24.1. The number of ether oxygens (including phenoxy) is 6. The lowest BCUT2D eigenvalue weighted by Crippen LogP contribution is -2.39. The van der Waals surface area contributed by atoms with Crippen LogP contribution in [0.1, 0.15) is 33.6 Å². The smallest absolute Gasteiger partial charge is 0.371 e. The van der Waals surface area contributed by atoms with Crippen molar-refractivity contribution in [2.24, 2.45) is 0 Å². The Balaban J connectivity index is 1.37. The number of hydrogen-bond donors (Lipinski definition) is 0. The van der Waals surface area contributed by atoms with E-state index in [1.807, 2.05) is 29.6 Å². The van der Waals surface area contributed by atoms with Gasteiger partial charge in [0.1, 0.15) is 36.7 Å². The Bertz CT molecular complexity index is 1430. The normalized spacial score (nSPS) is 15.2. The molecule has 208 valence electrons. The van der Waals surface area contributed by atoms with Crippen molar-refractivity contribution >= 4 is 33.6 Å². The summed E-state index contributed by atoms with van der Waals surface area (Å²) in [6, 6.07) is 7.62. The number of morpholine rings is 1. The first-order valence-corrected chi connectivity index (χ1v) is 13.8. The number of esters is 2. The van der Waals surface area contributed by atoms with Gasteiger partial charge >= 0.3 is 17.5 Å². The minimum Gasteiger partial charge on any atom is -0.486 e. The Morgan fingerprint density at radius 1 is 0.974 bits per heavy atom. The van der Waals surface area contributed by atoms with E-state index >= 15 is 0 Å². The zero-order valence-electron chi connectivity index (χ0n) is 22.3. The summed E-state index contributed by atoms with van der Waals surface area (Å²) < 4.78 is 42.6. The summed E-state index contributed by atoms with van der Waals surface area (Å²) in [5.74, 6) is 0.943. The molecule has 0 bridgehead atoms. The molecule has 39 heavy (non-hydrogen) atoms. The quantitative estimate of drug-likeness (QED) is 0.244. The number of fused-ring (bicyclic) bond motifs is 2.